The summed E-state index contributed by atoms with van der Waals surface area (Å²) >= 11 is 0. The van der Waals surface area contributed by atoms with Gasteiger partial charge in [0, 0.05) is 18.7 Å². The van der Waals surface area contributed by atoms with Gasteiger partial charge in [-0.15, -0.1) is 0 Å². The second kappa shape index (κ2) is 7.98. The van der Waals surface area contributed by atoms with Gasteiger partial charge in [0.1, 0.15) is 10.7 Å². The Hall–Kier alpha value is -2.23. The Balaban J connectivity index is 2.43. The van der Waals surface area contributed by atoms with E-state index in [1.54, 1.807) is 32.1 Å². The maximum absolute atomic E-state index is 14.7. The molecular formula is C20H23FN2O2S. The van der Waals surface area contributed by atoms with E-state index >= 15 is 0 Å². The first kappa shape index (κ1) is 20.1. The summed E-state index contributed by atoms with van der Waals surface area (Å²) in [6.07, 6.45) is 4.09. The average Bonchev–Trinajstić information content (AvgIpc) is 3.01. The molecule has 26 heavy (non-hydrogen) atoms. The topological polar surface area (TPSA) is 61.2 Å². The summed E-state index contributed by atoms with van der Waals surface area (Å²) in [7, 11) is -3.83. The number of nitriles is 1. The fourth-order valence-electron chi connectivity index (χ4n) is 2.86. The molecule has 0 spiro atoms. The van der Waals surface area contributed by atoms with E-state index in [9.17, 15) is 12.8 Å². The Labute approximate surface area is 155 Å². The van der Waals surface area contributed by atoms with E-state index in [0.29, 0.717) is 35.4 Å². The zero-order valence-electron chi connectivity index (χ0n) is 15.3. The molecule has 1 heterocycles. The Morgan fingerprint density at radius 2 is 2.08 bits per heavy atom. The minimum absolute atomic E-state index is 0.278. The maximum atomic E-state index is 14.7. The van der Waals surface area contributed by atoms with Crippen LogP contribution in [0, 0.1) is 23.1 Å². The van der Waals surface area contributed by atoms with Crippen molar-refractivity contribution in [2.24, 2.45) is 5.92 Å². The first-order valence-corrected chi connectivity index (χ1v) is 9.85. The molecule has 0 aliphatic carbocycles. The molecule has 1 aromatic rings. The van der Waals surface area contributed by atoms with Gasteiger partial charge in [-0.3, -0.25) is 0 Å². The number of nitrogens with zero attached hydrogens (tertiary/aromatic N) is 2. The van der Waals surface area contributed by atoms with Crippen LogP contribution in [0.1, 0.15) is 32.8 Å². The summed E-state index contributed by atoms with van der Waals surface area (Å²) in [6, 6.07) is 6.11. The lowest BCUT2D eigenvalue weighted by Gasteiger charge is -2.17. The molecular weight excluding hydrogens is 351 g/mol. The number of benzene rings is 1. The molecule has 1 aliphatic rings. The highest BCUT2D eigenvalue weighted by molar-refractivity contribution is 7.89. The van der Waals surface area contributed by atoms with Crippen molar-refractivity contribution in [2.45, 2.75) is 32.1 Å². The average molecular weight is 374 g/mol. The third kappa shape index (κ3) is 4.29. The van der Waals surface area contributed by atoms with Gasteiger partial charge in [0.25, 0.3) is 0 Å². The fourth-order valence-corrected chi connectivity index (χ4v) is 4.48. The fraction of sp³-hybridized carbons (Fsp3) is 0.350. The summed E-state index contributed by atoms with van der Waals surface area (Å²) in [5.41, 5.74) is 2.37. The zero-order chi connectivity index (χ0) is 19.5. The van der Waals surface area contributed by atoms with Gasteiger partial charge in [-0.25, -0.2) is 12.8 Å². The molecule has 2 rings (SSSR count). The van der Waals surface area contributed by atoms with E-state index in [1.807, 2.05) is 13.0 Å². The van der Waals surface area contributed by atoms with E-state index in [4.69, 9.17) is 5.26 Å². The highest BCUT2D eigenvalue weighted by atomic mass is 32.2. The minimum atomic E-state index is -3.83. The highest BCUT2D eigenvalue weighted by Gasteiger charge is 2.32. The number of rotatable bonds is 5. The third-order valence-electron chi connectivity index (χ3n) is 4.38. The van der Waals surface area contributed by atoms with E-state index in [0.717, 1.165) is 6.42 Å². The van der Waals surface area contributed by atoms with Crippen LogP contribution in [0.3, 0.4) is 0 Å². The van der Waals surface area contributed by atoms with Gasteiger partial charge in [-0.1, -0.05) is 31.2 Å². The smallest absolute Gasteiger partial charge is 0.207 e. The summed E-state index contributed by atoms with van der Waals surface area (Å²) in [5.74, 6) is -0.504. The summed E-state index contributed by atoms with van der Waals surface area (Å²) in [6.45, 7) is 10.1. The van der Waals surface area contributed by atoms with Gasteiger partial charge in [-0.05, 0) is 55.5 Å². The molecule has 0 amide bonds. The molecule has 0 aromatic heterocycles. The van der Waals surface area contributed by atoms with E-state index in [1.165, 1.54) is 16.4 Å². The summed E-state index contributed by atoms with van der Waals surface area (Å²) < 4.78 is 41.3. The van der Waals surface area contributed by atoms with Crippen LogP contribution < -0.4 is 0 Å². The third-order valence-corrected chi connectivity index (χ3v) is 6.28. The van der Waals surface area contributed by atoms with Crippen LogP contribution in [0.25, 0.3) is 5.57 Å². The molecule has 6 heteroatoms. The van der Waals surface area contributed by atoms with Crippen LogP contribution >= 0.6 is 0 Å². The second-order valence-corrected chi connectivity index (χ2v) is 8.63. The van der Waals surface area contributed by atoms with Crippen LogP contribution in [0.4, 0.5) is 4.39 Å². The largest absolute Gasteiger partial charge is 0.245 e. The Kier molecular flexibility index (Phi) is 6.17. The molecule has 1 atom stereocenters. The van der Waals surface area contributed by atoms with Gasteiger partial charge < -0.3 is 0 Å². The van der Waals surface area contributed by atoms with Crippen molar-refractivity contribution in [3.63, 3.8) is 0 Å². The van der Waals surface area contributed by atoms with E-state index < -0.39 is 15.8 Å². The highest BCUT2D eigenvalue weighted by Crippen LogP contribution is 2.29. The predicted octanol–water partition coefficient (Wildman–Crippen LogP) is 4.29. The molecule has 0 N–H and O–H groups in total. The standard InChI is InChI=1S/C20H23FN2O2S/c1-14(2)18(7-5-15(3)12-22)17-6-8-20(19(21)11-17)26(24,25)23-10-9-16(4)13-23/h5-8,11,16H,1,9-10,13H2,2-4H3/b15-5+,18-7+. The monoisotopic (exact) mass is 374 g/mol. The van der Waals surface area contributed by atoms with Crippen LogP contribution in [-0.4, -0.2) is 25.8 Å². The van der Waals surface area contributed by atoms with Crippen LogP contribution in [0.2, 0.25) is 0 Å². The summed E-state index contributed by atoms with van der Waals surface area (Å²) in [4.78, 5) is -0.305. The Bertz CT molecular complexity index is 924. The first-order valence-electron chi connectivity index (χ1n) is 8.41. The van der Waals surface area contributed by atoms with Crippen LogP contribution in [0.5, 0.6) is 0 Å². The van der Waals surface area contributed by atoms with Crippen molar-refractivity contribution in [2.75, 3.05) is 13.1 Å². The van der Waals surface area contributed by atoms with Crippen molar-refractivity contribution < 1.29 is 12.8 Å². The van der Waals surface area contributed by atoms with E-state index in [-0.39, 0.29) is 10.8 Å². The Morgan fingerprint density at radius 3 is 2.58 bits per heavy atom. The van der Waals surface area contributed by atoms with Gasteiger partial charge in [0.05, 0.1) is 6.07 Å². The van der Waals surface area contributed by atoms with Crippen LogP contribution in [-0.2, 0) is 10.0 Å². The van der Waals surface area contributed by atoms with Crippen LogP contribution in [0.15, 0.2) is 53.0 Å². The summed E-state index contributed by atoms with van der Waals surface area (Å²) in [5, 5.41) is 8.85. The molecule has 1 saturated heterocycles. The molecule has 1 fully saturated rings. The molecule has 0 radical (unpaired) electrons. The lowest BCUT2D eigenvalue weighted by molar-refractivity contribution is 0.458. The number of halogens is 1. The van der Waals surface area contributed by atoms with Crippen molar-refractivity contribution in [1.29, 1.82) is 5.26 Å². The molecule has 0 bridgehead atoms. The molecule has 1 aliphatic heterocycles. The molecule has 4 nitrogen and oxygen atoms in total. The quantitative estimate of drug-likeness (QED) is 0.571. The zero-order valence-corrected chi connectivity index (χ0v) is 16.1. The molecule has 1 unspecified atom stereocenters. The van der Waals surface area contributed by atoms with Crippen molar-refractivity contribution in [3.05, 3.63) is 59.5 Å². The predicted molar refractivity (Wildman–Crippen MR) is 101 cm³/mol. The second-order valence-electron chi connectivity index (χ2n) is 6.72. The number of hydrogen-bond acceptors (Lipinski definition) is 3. The molecule has 138 valence electrons. The van der Waals surface area contributed by atoms with Gasteiger partial charge >= 0.3 is 0 Å². The molecule has 1 aromatic carbocycles. The lowest BCUT2D eigenvalue weighted by atomic mass is 9.99. The number of hydrogen-bond donors (Lipinski definition) is 0. The van der Waals surface area contributed by atoms with Gasteiger partial charge in [0.15, 0.2) is 0 Å². The van der Waals surface area contributed by atoms with E-state index in [2.05, 4.69) is 6.58 Å². The van der Waals surface area contributed by atoms with Crippen molar-refractivity contribution in [3.8, 4) is 6.07 Å². The molecule has 0 saturated carbocycles. The number of allylic oxidation sites excluding steroid dienone is 5. The maximum Gasteiger partial charge on any atom is 0.245 e. The van der Waals surface area contributed by atoms with Gasteiger partial charge in [-0.2, -0.15) is 9.57 Å². The normalized spacial score (nSPS) is 19.4. The minimum Gasteiger partial charge on any atom is -0.207 e. The Morgan fingerprint density at radius 1 is 1.38 bits per heavy atom. The van der Waals surface area contributed by atoms with Gasteiger partial charge in [0.2, 0.25) is 10.0 Å². The van der Waals surface area contributed by atoms with Crippen molar-refractivity contribution >= 4 is 15.6 Å². The first-order chi connectivity index (χ1) is 12.2. The lowest BCUT2D eigenvalue weighted by Crippen LogP contribution is -2.29. The number of sulfonamides is 1. The van der Waals surface area contributed by atoms with Crippen molar-refractivity contribution in [1.82, 2.24) is 4.31 Å². The SMILES string of the molecule is C=C(C)/C(=C\C=C(/C)C#N)c1ccc(S(=O)(=O)N2CCC(C)C2)c(F)c1.